The van der Waals surface area contributed by atoms with Crippen LogP contribution in [0.1, 0.15) is 11.1 Å². The van der Waals surface area contributed by atoms with Gasteiger partial charge in [-0.2, -0.15) is 0 Å². The summed E-state index contributed by atoms with van der Waals surface area (Å²) < 4.78 is 7.74. The molecular formula is C25H21N3O. The van der Waals surface area contributed by atoms with E-state index in [1.165, 1.54) is 11.1 Å². The molecule has 4 heteroatoms. The first kappa shape index (κ1) is 17.4. The molecule has 2 aliphatic rings. The molecule has 0 spiro atoms. The van der Waals surface area contributed by atoms with Crippen LogP contribution in [0.4, 0.5) is 0 Å². The molecule has 0 bridgehead atoms. The predicted molar refractivity (Wildman–Crippen MR) is 116 cm³/mol. The molecule has 0 radical (unpaired) electrons. The molecule has 142 valence electrons. The number of benzene rings is 3. The van der Waals surface area contributed by atoms with Crippen molar-refractivity contribution in [1.29, 1.82) is 0 Å². The largest absolute Gasteiger partial charge is 0.497 e. The molecule has 0 amide bonds. The fourth-order valence-corrected chi connectivity index (χ4v) is 3.78. The van der Waals surface area contributed by atoms with Gasteiger partial charge in [0, 0.05) is 35.3 Å². The highest BCUT2D eigenvalue weighted by molar-refractivity contribution is 5.98. The summed E-state index contributed by atoms with van der Waals surface area (Å²) in [5.41, 5.74) is 7.53. The maximum Gasteiger partial charge on any atom is 0.120 e. The third-order valence-electron chi connectivity index (χ3n) is 5.34. The van der Waals surface area contributed by atoms with Gasteiger partial charge in [-0.15, -0.1) is 10.2 Å². The lowest BCUT2D eigenvalue weighted by Crippen LogP contribution is -2.04. The van der Waals surface area contributed by atoms with Crippen LogP contribution in [0.25, 0.3) is 33.4 Å². The van der Waals surface area contributed by atoms with Crippen LogP contribution in [0, 0.1) is 6.92 Å². The Hall–Kier alpha value is -3.66. The Morgan fingerprint density at radius 3 is 2.38 bits per heavy atom. The van der Waals surface area contributed by atoms with Crippen LogP contribution in [0.3, 0.4) is 0 Å². The van der Waals surface area contributed by atoms with Gasteiger partial charge in [-0.25, -0.2) is 0 Å². The van der Waals surface area contributed by atoms with E-state index in [9.17, 15) is 0 Å². The zero-order valence-electron chi connectivity index (χ0n) is 16.5. The first-order valence-electron chi connectivity index (χ1n) is 9.67. The molecule has 0 fully saturated rings. The van der Waals surface area contributed by atoms with Crippen molar-refractivity contribution in [2.75, 3.05) is 7.11 Å². The normalized spacial score (nSPS) is 11.2. The highest BCUT2D eigenvalue weighted by Crippen LogP contribution is 2.37. The summed E-state index contributed by atoms with van der Waals surface area (Å²) in [6.07, 6.45) is 2.17. The summed E-state index contributed by atoms with van der Waals surface area (Å²) in [5.74, 6) is 0.830. The number of pyridine rings is 1. The van der Waals surface area contributed by atoms with Crippen LogP contribution >= 0.6 is 0 Å². The second-order valence-electron chi connectivity index (χ2n) is 7.30. The molecule has 0 N–H and O–H groups in total. The van der Waals surface area contributed by atoms with Gasteiger partial charge in [0.2, 0.25) is 0 Å². The summed E-state index contributed by atoms with van der Waals surface area (Å²) in [7, 11) is 1.69. The monoisotopic (exact) mass is 379 g/mol. The number of hydrogen-bond donors (Lipinski definition) is 0. The highest BCUT2D eigenvalue weighted by atomic mass is 16.5. The highest BCUT2D eigenvalue weighted by Gasteiger charge is 2.20. The Morgan fingerprint density at radius 1 is 0.862 bits per heavy atom. The third-order valence-corrected chi connectivity index (χ3v) is 5.34. The van der Waals surface area contributed by atoms with Crippen molar-refractivity contribution in [1.82, 2.24) is 14.8 Å². The lowest BCUT2D eigenvalue weighted by atomic mass is 10.0. The molecule has 29 heavy (non-hydrogen) atoms. The summed E-state index contributed by atoms with van der Waals surface area (Å²) >= 11 is 0. The summed E-state index contributed by atoms with van der Waals surface area (Å²) in [4.78, 5) is 0. The minimum absolute atomic E-state index is 0.763. The van der Waals surface area contributed by atoms with Crippen molar-refractivity contribution in [2.45, 2.75) is 13.5 Å². The van der Waals surface area contributed by atoms with Gasteiger partial charge in [-0.1, -0.05) is 60.2 Å². The predicted octanol–water partition coefficient (Wildman–Crippen LogP) is 5.57. The molecular weight excluding hydrogens is 358 g/mol. The minimum atomic E-state index is 0.763. The molecule has 0 saturated heterocycles. The van der Waals surface area contributed by atoms with Crippen LogP contribution < -0.4 is 4.74 Å². The Bertz CT molecular complexity index is 1260. The number of fused-ring (bicyclic) bond motifs is 3. The molecule has 0 aliphatic carbocycles. The van der Waals surface area contributed by atoms with Crippen molar-refractivity contribution in [2.24, 2.45) is 0 Å². The van der Waals surface area contributed by atoms with E-state index in [2.05, 4.69) is 88.5 Å². The molecule has 5 rings (SSSR count). The average molecular weight is 379 g/mol. The number of aryl methyl sites for hydroxylation is 1. The summed E-state index contributed by atoms with van der Waals surface area (Å²) in [6.45, 7) is 2.85. The summed E-state index contributed by atoms with van der Waals surface area (Å²) in [5, 5.41) is 10.2. The van der Waals surface area contributed by atoms with Crippen LogP contribution in [-0.4, -0.2) is 21.9 Å². The number of nitrogens with zero attached hydrogens (tertiary/aromatic N) is 3. The van der Waals surface area contributed by atoms with E-state index in [4.69, 9.17) is 4.74 Å². The average Bonchev–Trinajstić information content (AvgIpc) is 3.18. The van der Waals surface area contributed by atoms with Gasteiger partial charge in [0.05, 0.1) is 12.6 Å². The Morgan fingerprint density at radius 2 is 1.62 bits per heavy atom. The lowest BCUT2D eigenvalue weighted by molar-refractivity contribution is 0.415. The molecule has 0 aromatic heterocycles. The van der Waals surface area contributed by atoms with E-state index in [1.807, 2.05) is 12.1 Å². The zero-order chi connectivity index (χ0) is 19.8. The van der Waals surface area contributed by atoms with E-state index >= 15 is 0 Å². The smallest absolute Gasteiger partial charge is 0.120 e. The molecule has 3 aromatic rings. The quantitative estimate of drug-likeness (QED) is 0.410. The summed E-state index contributed by atoms with van der Waals surface area (Å²) in [6, 6.07) is 25.0. The van der Waals surface area contributed by atoms with E-state index in [-0.39, 0.29) is 0 Å². The van der Waals surface area contributed by atoms with Crippen molar-refractivity contribution < 1.29 is 4.74 Å². The number of aromatic nitrogens is 3. The van der Waals surface area contributed by atoms with Gasteiger partial charge < -0.3 is 9.30 Å². The van der Waals surface area contributed by atoms with Crippen LogP contribution in [-0.2, 0) is 6.54 Å². The van der Waals surface area contributed by atoms with Crippen LogP contribution in [0.5, 0.6) is 5.75 Å². The molecule has 4 nitrogen and oxygen atoms in total. The molecule has 2 heterocycles. The first-order valence-corrected chi connectivity index (χ1v) is 9.67. The molecule has 0 atom stereocenters. The van der Waals surface area contributed by atoms with Gasteiger partial charge in [0.1, 0.15) is 17.1 Å². The molecule has 0 saturated carbocycles. The number of rotatable bonds is 4. The minimum Gasteiger partial charge on any atom is -0.497 e. The van der Waals surface area contributed by atoms with Gasteiger partial charge >= 0.3 is 0 Å². The lowest BCUT2D eigenvalue weighted by Gasteiger charge is -2.16. The van der Waals surface area contributed by atoms with Gasteiger partial charge in [-0.05, 0) is 24.6 Å². The second kappa shape index (κ2) is 7.06. The van der Waals surface area contributed by atoms with E-state index < -0.39 is 0 Å². The fraction of sp³-hybridized carbons (Fsp3) is 0.120. The van der Waals surface area contributed by atoms with Crippen molar-refractivity contribution in [3.05, 3.63) is 90.1 Å². The Kier molecular flexibility index (Phi) is 4.24. The maximum atomic E-state index is 5.48. The zero-order valence-corrected chi connectivity index (χ0v) is 16.5. The maximum absolute atomic E-state index is 5.48. The number of hydrogen-bond acceptors (Lipinski definition) is 3. The van der Waals surface area contributed by atoms with E-state index in [1.54, 1.807) is 7.11 Å². The second-order valence-corrected chi connectivity index (χ2v) is 7.30. The van der Waals surface area contributed by atoms with E-state index in [0.717, 1.165) is 45.7 Å². The van der Waals surface area contributed by atoms with Crippen LogP contribution in [0.2, 0.25) is 0 Å². The Balaban J connectivity index is 1.75. The topological polar surface area (TPSA) is 39.9 Å². The molecule has 3 aromatic carbocycles. The fourth-order valence-electron chi connectivity index (χ4n) is 3.78. The number of methoxy groups -OCH3 is 1. The first-order chi connectivity index (χ1) is 14.2. The van der Waals surface area contributed by atoms with Crippen molar-refractivity contribution in [3.8, 4) is 28.3 Å². The van der Waals surface area contributed by atoms with Gasteiger partial charge in [0.25, 0.3) is 0 Å². The van der Waals surface area contributed by atoms with Gasteiger partial charge in [-0.3, -0.25) is 0 Å². The van der Waals surface area contributed by atoms with Crippen molar-refractivity contribution in [3.63, 3.8) is 0 Å². The molecule has 0 unspecified atom stereocenters. The molecule has 2 aliphatic heterocycles. The third kappa shape index (κ3) is 3.13. The number of ether oxygens (including phenoxy) is 1. The SMILES string of the molecule is COc1ccc2c3nnc(-c4ccc(C)cc4)c-3cn(Cc3ccccc3)c2c1. The van der Waals surface area contributed by atoms with Crippen LogP contribution in [0.15, 0.2) is 79.0 Å². The standard InChI is InChI=1S/C25H21N3O/c1-17-8-10-19(11-9-17)24-22-16-28(15-18-6-4-3-5-7-18)23-14-20(29-2)12-13-21(23)25(22)27-26-24/h3-14,16H,15H2,1-2H3. The van der Waals surface area contributed by atoms with Gasteiger partial charge in [0.15, 0.2) is 0 Å². The van der Waals surface area contributed by atoms with Crippen molar-refractivity contribution >= 4 is 10.9 Å². The van der Waals surface area contributed by atoms with E-state index in [0.29, 0.717) is 0 Å². The Labute approximate surface area is 169 Å².